The van der Waals surface area contributed by atoms with E-state index in [0.29, 0.717) is 16.6 Å². The summed E-state index contributed by atoms with van der Waals surface area (Å²) in [5.41, 5.74) is 2.08. The van der Waals surface area contributed by atoms with E-state index >= 15 is 0 Å². The number of amides is 1. The van der Waals surface area contributed by atoms with Crippen LogP contribution in [0.5, 0.6) is 0 Å². The molecule has 0 spiro atoms. The van der Waals surface area contributed by atoms with Crippen LogP contribution in [0.25, 0.3) is 6.08 Å². The molecule has 0 radical (unpaired) electrons. The zero-order valence-corrected chi connectivity index (χ0v) is 18.2. The second-order valence-electron chi connectivity index (χ2n) is 7.25. The molecular formula is C22H23Cl3N2O. The van der Waals surface area contributed by atoms with Gasteiger partial charge < -0.3 is 4.90 Å². The summed E-state index contributed by atoms with van der Waals surface area (Å²) < 4.78 is 0. The Labute approximate surface area is 181 Å². The molecule has 3 rings (SSSR count). The lowest BCUT2D eigenvalue weighted by Crippen LogP contribution is -2.57. The first kappa shape index (κ1) is 21.2. The lowest BCUT2D eigenvalue weighted by atomic mass is 10.1. The van der Waals surface area contributed by atoms with E-state index in [0.717, 1.165) is 23.7 Å². The molecule has 0 N–H and O–H groups in total. The SMILES string of the molecule is C[C@@H]1CN(C(=O)C=Cc2ccc(Cl)c(Cl)c2)[C@@H](C)CN1Cc1ccc(Cl)cc1. The Balaban J connectivity index is 1.62. The number of benzene rings is 2. The summed E-state index contributed by atoms with van der Waals surface area (Å²) in [4.78, 5) is 17.1. The molecule has 2 atom stereocenters. The molecule has 1 heterocycles. The molecule has 3 nitrogen and oxygen atoms in total. The van der Waals surface area contributed by atoms with Gasteiger partial charge in [0.15, 0.2) is 0 Å². The number of hydrogen-bond donors (Lipinski definition) is 0. The van der Waals surface area contributed by atoms with Gasteiger partial charge in [-0.2, -0.15) is 0 Å². The Bertz CT molecular complexity index is 867. The molecule has 2 aromatic rings. The third-order valence-electron chi connectivity index (χ3n) is 5.06. The predicted octanol–water partition coefficient (Wildman–Crippen LogP) is 5.78. The second-order valence-corrected chi connectivity index (χ2v) is 8.50. The summed E-state index contributed by atoms with van der Waals surface area (Å²) in [6, 6.07) is 13.7. The Morgan fingerprint density at radius 1 is 1.00 bits per heavy atom. The van der Waals surface area contributed by atoms with Crippen molar-refractivity contribution in [3.63, 3.8) is 0 Å². The monoisotopic (exact) mass is 436 g/mol. The van der Waals surface area contributed by atoms with Crippen LogP contribution in [-0.4, -0.2) is 40.9 Å². The minimum Gasteiger partial charge on any atom is -0.334 e. The van der Waals surface area contributed by atoms with Crippen molar-refractivity contribution < 1.29 is 4.79 Å². The van der Waals surface area contributed by atoms with E-state index in [1.54, 1.807) is 24.3 Å². The van der Waals surface area contributed by atoms with Crippen molar-refractivity contribution >= 4 is 46.8 Å². The molecule has 0 saturated carbocycles. The van der Waals surface area contributed by atoms with Crippen LogP contribution in [0.3, 0.4) is 0 Å². The molecule has 6 heteroatoms. The molecule has 28 heavy (non-hydrogen) atoms. The topological polar surface area (TPSA) is 23.6 Å². The quantitative estimate of drug-likeness (QED) is 0.566. The third kappa shape index (κ3) is 5.30. The van der Waals surface area contributed by atoms with Crippen LogP contribution in [0, 0.1) is 0 Å². The molecule has 1 aliphatic rings. The van der Waals surface area contributed by atoms with Gasteiger partial charge in [0.25, 0.3) is 0 Å². The summed E-state index contributed by atoms with van der Waals surface area (Å²) in [6.45, 7) is 6.62. The van der Waals surface area contributed by atoms with E-state index in [9.17, 15) is 4.79 Å². The lowest BCUT2D eigenvalue weighted by molar-refractivity contribution is -0.131. The van der Waals surface area contributed by atoms with E-state index in [1.165, 1.54) is 5.56 Å². The number of hydrogen-bond acceptors (Lipinski definition) is 2. The number of nitrogens with zero attached hydrogens (tertiary/aromatic N) is 2. The largest absolute Gasteiger partial charge is 0.334 e. The van der Waals surface area contributed by atoms with Gasteiger partial charge in [0, 0.05) is 42.8 Å². The van der Waals surface area contributed by atoms with Gasteiger partial charge >= 0.3 is 0 Å². The molecule has 0 aromatic heterocycles. The summed E-state index contributed by atoms with van der Waals surface area (Å²) in [7, 11) is 0. The number of piperazine rings is 1. The van der Waals surface area contributed by atoms with E-state index in [2.05, 4.69) is 30.9 Å². The Kier molecular flexibility index (Phi) is 7.05. The van der Waals surface area contributed by atoms with Crippen molar-refractivity contribution in [2.45, 2.75) is 32.5 Å². The summed E-state index contributed by atoms with van der Waals surface area (Å²) in [5, 5.41) is 1.73. The first-order valence-corrected chi connectivity index (χ1v) is 10.4. The van der Waals surface area contributed by atoms with Crippen molar-refractivity contribution in [1.82, 2.24) is 9.80 Å². The van der Waals surface area contributed by atoms with Gasteiger partial charge in [0.1, 0.15) is 0 Å². The smallest absolute Gasteiger partial charge is 0.246 e. The summed E-state index contributed by atoms with van der Waals surface area (Å²) in [5.74, 6) is 0.0107. The Hall–Kier alpha value is -1.52. The molecule has 0 aliphatic carbocycles. The normalized spacial score (nSPS) is 20.7. The standard InChI is InChI=1S/C22H23Cl3N2O/c1-15-13-27(22(28)10-6-17-5-9-20(24)21(25)11-17)16(2)12-26(15)14-18-3-7-19(23)8-4-18/h3-11,15-16H,12-14H2,1-2H3/t15-,16+/m1/s1. The average Bonchev–Trinajstić information content (AvgIpc) is 2.67. The summed E-state index contributed by atoms with van der Waals surface area (Å²) in [6.07, 6.45) is 3.39. The van der Waals surface area contributed by atoms with Crippen molar-refractivity contribution in [1.29, 1.82) is 0 Å². The minimum atomic E-state index is 0.0107. The number of rotatable bonds is 4. The fraction of sp³-hybridized carbons (Fsp3) is 0.318. The third-order valence-corrected chi connectivity index (χ3v) is 6.05. The highest BCUT2D eigenvalue weighted by Gasteiger charge is 2.30. The van der Waals surface area contributed by atoms with Gasteiger partial charge in [-0.15, -0.1) is 0 Å². The molecule has 148 valence electrons. The van der Waals surface area contributed by atoms with Crippen LogP contribution < -0.4 is 0 Å². The lowest BCUT2D eigenvalue weighted by Gasteiger charge is -2.44. The molecule has 1 saturated heterocycles. The van der Waals surface area contributed by atoms with Crippen molar-refractivity contribution in [2.75, 3.05) is 13.1 Å². The second kappa shape index (κ2) is 9.32. The fourth-order valence-corrected chi connectivity index (χ4v) is 3.86. The maximum absolute atomic E-state index is 12.7. The number of carbonyl (C=O) groups excluding carboxylic acids is 1. The van der Waals surface area contributed by atoms with Crippen molar-refractivity contribution in [3.05, 3.63) is 74.7 Å². The fourth-order valence-electron chi connectivity index (χ4n) is 3.43. The first-order valence-electron chi connectivity index (χ1n) is 9.25. The van der Waals surface area contributed by atoms with E-state index in [-0.39, 0.29) is 18.0 Å². The molecule has 1 fully saturated rings. The minimum absolute atomic E-state index is 0.0107. The molecule has 0 bridgehead atoms. The van der Waals surface area contributed by atoms with Gasteiger partial charge in [0.2, 0.25) is 5.91 Å². The van der Waals surface area contributed by atoms with E-state index in [1.807, 2.05) is 23.1 Å². The van der Waals surface area contributed by atoms with Gasteiger partial charge in [-0.05, 0) is 55.3 Å². The van der Waals surface area contributed by atoms with E-state index in [4.69, 9.17) is 34.8 Å². The van der Waals surface area contributed by atoms with Crippen LogP contribution in [-0.2, 0) is 11.3 Å². The first-order chi connectivity index (χ1) is 13.3. The van der Waals surface area contributed by atoms with Crippen LogP contribution in [0.1, 0.15) is 25.0 Å². The maximum atomic E-state index is 12.7. The highest BCUT2D eigenvalue weighted by atomic mass is 35.5. The number of halogens is 3. The molecule has 0 unspecified atom stereocenters. The van der Waals surface area contributed by atoms with Crippen LogP contribution in [0.15, 0.2) is 48.5 Å². The Morgan fingerprint density at radius 2 is 1.71 bits per heavy atom. The van der Waals surface area contributed by atoms with Crippen LogP contribution in [0.2, 0.25) is 15.1 Å². The average molecular weight is 438 g/mol. The predicted molar refractivity (Wildman–Crippen MR) is 118 cm³/mol. The maximum Gasteiger partial charge on any atom is 0.246 e. The molecule has 1 amide bonds. The summed E-state index contributed by atoms with van der Waals surface area (Å²) >= 11 is 17.9. The van der Waals surface area contributed by atoms with Gasteiger partial charge in [-0.1, -0.05) is 53.0 Å². The van der Waals surface area contributed by atoms with Crippen LogP contribution >= 0.6 is 34.8 Å². The van der Waals surface area contributed by atoms with Gasteiger partial charge in [0.05, 0.1) is 10.0 Å². The highest BCUT2D eigenvalue weighted by molar-refractivity contribution is 6.42. The van der Waals surface area contributed by atoms with Gasteiger partial charge in [-0.25, -0.2) is 0 Å². The van der Waals surface area contributed by atoms with E-state index < -0.39 is 0 Å². The zero-order valence-electron chi connectivity index (χ0n) is 15.9. The van der Waals surface area contributed by atoms with Crippen molar-refractivity contribution in [3.8, 4) is 0 Å². The zero-order chi connectivity index (χ0) is 20.3. The van der Waals surface area contributed by atoms with Crippen LogP contribution in [0.4, 0.5) is 0 Å². The Morgan fingerprint density at radius 3 is 2.39 bits per heavy atom. The van der Waals surface area contributed by atoms with Gasteiger partial charge in [-0.3, -0.25) is 9.69 Å². The van der Waals surface area contributed by atoms with Crippen molar-refractivity contribution in [2.24, 2.45) is 0 Å². The molecule has 1 aliphatic heterocycles. The highest BCUT2D eigenvalue weighted by Crippen LogP contribution is 2.24. The molecule has 2 aromatic carbocycles. The number of carbonyl (C=O) groups is 1. The molecular weight excluding hydrogens is 415 g/mol.